The van der Waals surface area contributed by atoms with Gasteiger partial charge in [0.25, 0.3) is 0 Å². The van der Waals surface area contributed by atoms with Crippen molar-refractivity contribution in [2.24, 2.45) is 0 Å². The third kappa shape index (κ3) is 3.15. The summed E-state index contributed by atoms with van der Waals surface area (Å²) in [6.07, 6.45) is 0.566. The molecular formula is C9H13NOS. The second-order valence-corrected chi connectivity index (χ2v) is 3.41. The van der Waals surface area contributed by atoms with E-state index >= 15 is 0 Å². The number of thiophene rings is 1. The van der Waals surface area contributed by atoms with Crippen molar-refractivity contribution in [1.82, 2.24) is 5.32 Å². The number of hydrogen-bond donors (Lipinski definition) is 1. The minimum atomic E-state index is 0.259. The highest BCUT2D eigenvalue weighted by molar-refractivity contribution is 7.07. The normalized spacial score (nSPS) is 10.1. The lowest BCUT2D eigenvalue weighted by Gasteiger charge is -1.98. The number of nitrogens with one attached hydrogen (secondary N) is 1. The molecular weight excluding hydrogens is 170 g/mol. The van der Waals surface area contributed by atoms with E-state index in [0.717, 1.165) is 12.1 Å². The van der Waals surface area contributed by atoms with Gasteiger partial charge in [-0.2, -0.15) is 11.3 Å². The first-order valence-corrected chi connectivity index (χ1v) is 5.00. The van der Waals surface area contributed by atoms with Gasteiger partial charge in [-0.25, -0.2) is 0 Å². The van der Waals surface area contributed by atoms with Gasteiger partial charge < -0.3 is 5.32 Å². The molecule has 3 heteroatoms. The summed E-state index contributed by atoms with van der Waals surface area (Å²) >= 11 is 1.63. The smallest absolute Gasteiger partial charge is 0.150 e. The number of carbonyl (C=O) groups is 1. The SMILES string of the molecule is CCNCC(=O)Cc1ccsc1. The van der Waals surface area contributed by atoms with E-state index < -0.39 is 0 Å². The topological polar surface area (TPSA) is 29.1 Å². The predicted octanol–water partition coefficient (Wildman–Crippen LogP) is 1.47. The summed E-state index contributed by atoms with van der Waals surface area (Å²) in [6, 6.07) is 1.99. The van der Waals surface area contributed by atoms with Crippen molar-refractivity contribution in [1.29, 1.82) is 0 Å². The van der Waals surface area contributed by atoms with E-state index in [1.165, 1.54) is 0 Å². The van der Waals surface area contributed by atoms with Gasteiger partial charge in [0.05, 0.1) is 6.54 Å². The van der Waals surface area contributed by atoms with Crippen molar-refractivity contribution in [2.45, 2.75) is 13.3 Å². The van der Waals surface area contributed by atoms with E-state index in [4.69, 9.17) is 0 Å². The van der Waals surface area contributed by atoms with Crippen LogP contribution in [0.15, 0.2) is 16.8 Å². The molecule has 0 unspecified atom stereocenters. The quantitative estimate of drug-likeness (QED) is 0.749. The largest absolute Gasteiger partial charge is 0.310 e. The summed E-state index contributed by atoms with van der Waals surface area (Å²) < 4.78 is 0. The van der Waals surface area contributed by atoms with Crippen LogP contribution >= 0.6 is 11.3 Å². The average molecular weight is 183 g/mol. The molecule has 1 rings (SSSR count). The third-order valence-electron chi connectivity index (χ3n) is 1.55. The molecule has 0 saturated carbocycles. The summed E-state index contributed by atoms with van der Waals surface area (Å²) in [4.78, 5) is 11.2. The van der Waals surface area contributed by atoms with Crippen molar-refractivity contribution >= 4 is 17.1 Å². The molecule has 0 spiro atoms. The number of rotatable bonds is 5. The van der Waals surface area contributed by atoms with Crippen molar-refractivity contribution in [3.8, 4) is 0 Å². The molecule has 1 heterocycles. The Bertz CT molecular complexity index is 231. The van der Waals surface area contributed by atoms with Gasteiger partial charge in [0.2, 0.25) is 0 Å². The summed E-state index contributed by atoms with van der Waals surface area (Å²) in [5.74, 6) is 0.259. The molecule has 0 aliphatic carbocycles. The van der Waals surface area contributed by atoms with Gasteiger partial charge in [0.1, 0.15) is 0 Å². The highest BCUT2D eigenvalue weighted by Gasteiger charge is 2.01. The molecule has 1 aromatic heterocycles. The minimum absolute atomic E-state index is 0.259. The second-order valence-electron chi connectivity index (χ2n) is 2.63. The molecule has 0 aliphatic rings. The standard InChI is InChI=1S/C9H13NOS/c1-2-10-6-9(11)5-8-3-4-12-7-8/h3-4,7,10H,2,5-6H2,1H3. The summed E-state index contributed by atoms with van der Waals surface area (Å²) in [6.45, 7) is 3.35. The zero-order valence-electron chi connectivity index (χ0n) is 7.17. The van der Waals surface area contributed by atoms with Gasteiger partial charge in [-0.05, 0) is 28.9 Å². The highest BCUT2D eigenvalue weighted by Crippen LogP contribution is 2.06. The molecule has 0 saturated heterocycles. The van der Waals surface area contributed by atoms with Gasteiger partial charge in [-0.3, -0.25) is 4.79 Å². The molecule has 0 radical (unpaired) electrons. The van der Waals surface area contributed by atoms with Crippen LogP contribution in [0.4, 0.5) is 0 Å². The van der Waals surface area contributed by atoms with E-state index in [1.54, 1.807) is 11.3 Å². The van der Waals surface area contributed by atoms with Gasteiger partial charge >= 0.3 is 0 Å². The lowest BCUT2D eigenvalue weighted by molar-refractivity contribution is -0.117. The van der Waals surface area contributed by atoms with Gasteiger partial charge in [-0.1, -0.05) is 6.92 Å². The van der Waals surface area contributed by atoms with E-state index in [0.29, 0.717) is 13.0 Å². The Morgan fingerprint density at radius 2 is 2.50 bits per heavy atom. The number of Topliss-reactive ketones (excluding diaryl/α,β-unsaturated/α-hetero) is 1. The monoisotopic (exact) mass is 183 g/mol. The lowest BCUT2D eigenvalue weighted by atomic mass is 10.2. The zero-order chi connectivity index (χ0) is 8.81. The van der Waals surface area contributed by atoms with Crippen LogP contribution < -0.4 is 5.32 Å². The number of likely N-dealkylation sites (N-methyl/N-ethyl adjacent to an activating group) is 1. The first-order valence-electron chi connectivity index (χ1n) is 4.06. The third-order valence-corrected chi connectivity index (χ3v) is 2.29. The molecule has 0 aromatic carbocycles. The van der Waals surface area contributed by atoms with Crippen molar-refractivity contribution < 1.29 is 4.79 Å². The second kappa shape index (κ2) is 5.06. The van der Waals surface area contributed by atoms with Crippen LogP contribution in [0.25, 0.3) is 0 Å². The van der Waals surface area contributed by atoms with Crippen LogP contribution in [-0.4, -0.2) is 18.9 Å². The lowest BCUT2D eigenvalue weighted by Crippen LogP contribution is -2.23. The Labute approximate surface area is 76.6 Å². The molecule has 1 aromatic rings. The summed E-state index contributed by atoms with van der Waals surface area (Å²) in [7, 11) is 0. The molecule has 2 nitrogen and oxygen atoms in total. The Morgan fingerprint density at radius 3 is 3.08 bits per heavy atom. The maximum atomic E-state index is 11.2. The van der Waals surface area contributed by atoms with Gasteiger partial charge in [0.15, 0.2) is 5.78 Å². The Balaban J connectivity index is 2.27. The first-order chi connectivity index (χ1) is 5.83. The van der Waals surface area contributed by atoms with Gasteiger partial charge in [0, 0.05) is 6.42 Å². The Morgan fingerprint density at radius 1 is 1.67 bits per heavy atom. The molecule has 0 bridgehead atoms. The van der Waals surface area contributed by atoms with Crippen LogP contribution in [0.2, 0.25) is 0 Å². The average Bonchev–Trinajstić information content (AvgIpc) is 2.53. The molecule has 66 valence electrons. The maximum Gasteiger partial charge on any atom is 0.150 e. The zero-order valence-corrected chi connectivity index (χ0v) is 7.99. The Kier molecular flexibility index (Phi) is 3.97. The van der Waals surface area contributed by atoms with Crippen LogP contribution in [-0.2, 0) is 11.2 Å². The number of ketones is 1. The molecule has 12 heavy (non-hydrogen) atoms. The van der Waals surface area contributed by atoms with Crippen LogP contribution in [0.5, 0.6) is 0 Å². The fraction of sp³-hybridized carbons (Fsp3) is 0.444. The summed E-state index contributed by atoms with van der Waals surface area (Å²) in [5, 5.41) is 7.03. The van der Waals surface area contributed by atoms with E-state index in [-0.39, 0.29) is 5.78 Å². The number of carbonyl (C=O) groups excluding carboxylic acids is 1. The molecule has 0 aliphatic heterocycles. The van der Waals surface area contributed by atoms with Crippen LogP contribution in [0, 0.1) is 0 Å². The van der Waals surface area contributed by atoms with Crippen LogP contribution in [0.3, 0.4) is 0 Å². The fourth-order valence-electron chi connectivity index (χ4n) is 0.948. The molecule has 0 fully saturated rings. The first kappa shape index (κ1) is 9.42. The predicted molar refractivity (Wildman–Crippen MR) is 51.6 cm³/mol. The fourth-order valence-corrected chi connectivity index (χ4v) is 1.62. The highest BCUT2D eigenvalue weighted by atomic mass is 32.1. The Hall–Kier alpha value is -0.670. The van der Waals surface area contributed by atoms with Crippen LogP contribution in [0.1, 0.15) is 12.5 Å². The van der Waals surface area contributed by atoms with Gasteiger partial charge in [-0.15, -0.1) is 0 Å². The van der Waals surface area contributed by atoms with Crippen molar-refractivity contribution in [3.05, 3.63) is 22.4 Å². The van der Waals surface area contributed by atoms with E-state index in [9.17, 15) is 4.79 Å². The minimum Gasteiger partial charge on any atom is -0.310 e. The van der Waals surface area contributed by atoms with Crippen molar-refractivity contribution in [3.63, 3.8) is 0 Å². The van der Waals surface area contributed by atoms with E-state index in [2.05, 4.69) is 5.32 Å². The van der Waals surface area contributed by atoms with E-state index in [1.807, 2.05) is 23.8 Å². The molecule has 0 atom stereocenters. The number of hydrogen-bond acceptors (Lipinski definition) is 3. The molecule has 0 amide bonds. The molecule has 1 N–H and O–H groups in total. The van der Waals surface area contributed by atoms with Crippen molar-refractivity contribution in [2.75, 3.05) is 13.1 Å². The maximum absolute atomic E-state index is 11.2. The summed E-state index contributed by atoms with van der Waals surface area (Å²) in [5.41, 5.74) is 1.13.